The molecule has 0 aliphatic carbocycles. The van der Waals surface area contributed by atoms with Crippen LogP contribution in [0.1, 0.15) is 38.0 Å². The molecule has 8 heteroatoms. The molecule has 3 heterocycles. The van der Waals surface area contributed by atoms with Crippen molar-refractivity contribution >= 4 is 17.0 Å². The zero-order valence-corrected chi connectivity index (χ0v) is 17.1. The number of aliphatic hydroxyl groups excluding tert-OH is 1. The maximum atomic E-state index is 9.17. The fourth-order valence-electron chi connectivity index (χ4n) is 3.42. The number of hydrogen-bond acceptors (Lipinski definition) is 7. The normalized spacial score (nSPS) is 17.3. The van der Waals surface area contributed by atoms with E-state index in [-0.39, 0.29) is 12.8 Å². The minimum atomic E-state index is -0.159. The predicted molar refractivity (Wildman–Crippen MR) is 114 cm³/mol. The highest BCUT2D eigenvalue weighted by Crippen LogP contribution is 2.33. The van der Waals surface area contributed by atoms with Crippen molar-refractivity contribution in [1.82, 2.24) is 19.5 Å². The van der Waals surface area contributed by atoms with E-state index in [9.17, 15) is 5.11 Å². The summed E-state index contributed by atoms with van der Waals surface area (Å²) in [5.74, 6) is 0.626. The van der Waals surface area contributed by atoms with Crippen molar-refractivity contribution in [2.75, 3.05) is 25.1 Å². The van der Waals surface area contributed by atoms with Gasteiger partial charge in [0.25, 0.3) is 0 Å². The number of fused-ring (bicyclic) bond motifs is 1. The van der Waals surface area contributed by atoms with Crippen LogP contribution in [0.4, 0.5) is 5.82 Å². The molecule has 0 bridgehead atoms. The lowest BCUT2D eigenvalue weighted by atomic mass is 10.2. The molecule has 3 aromatic rings. The molecule has 0 saturated carbocycles. The van der Waals surface area contributed by atoms with E-state index in [2.05, 4.69) is 15.3 Å². The summed E-state index contributed by atoms with van der Waals surface area (Å²) in [6, 6.07) is 10.5. The van der Waals surface area contributed by atoms with Crippen LogP contribution >= 0.6 is 0 Å². The molecule has 0 amide bonds. The van der Waals surface area contributed by atoms with Gasteiger partial charge in [-0.25, -0.2) is 9.97 Å². The molecule has 1 fully saturated rings. The summed E-state index contributed by atoms with van der Waals surface area (Å²) in [4.78, 5) is 13.6. The van der Waals surface area contributed by atoms with Crippen LogP contribution in [0.2, 0.25) is 0 Å². The molecule has 4 rings (SSSR count). The van der Waals surface area contributed by atoms with E-state index in [1.165, 1.54) is 6.33 Å². The van der Waals surface area contributed by atoms with Crippen LogP contribution in [0.3, 0.4) is 0 Å². The Labute approximate surface area is 175 Å². The number of anilines is 1. The summed E-state index contributed by atoms with van der Waals surface area (Å²) in [5.41, 5.74) is 3.28. The first-order valence-corrected chi connectivity index (χ1v) is 10.3. The third-order valence-electron chi connectivity index (χ3n) is 5.07. The number of aliphatic hydroxyl groups is 1. The van der Waals surface area contributed by atoms with Crippen LogP contribution in [0.5, 0.6) is 6.01 Å². The Kier molecular flexibility index (Phi) is 6.56. The highest BCUT2D eigenvalue weighted by molar-refractivity contribution is 5.84. The van der Waals surface area contributed by atoms with Crippen molar-refractivity contribution in [3.8, 4) is 6.01 Å². The zero-order chi connectivity index (χ0) is 20.8. The van der Waals surface area contributed by atoms with Gasteiger partial charge in [0.05, 0.1) is 6.61 Å². The Bertz CT molecular complexity index is 997. The molecule has 1 aliphatic rings. The molecule has 30 heavy (non-hydrogen) atoms. The topological polar surface area (TPSA) is 94.3 Å². The number of ether oxygens (including phenoxy) is 2. The maximum absolute atomic E-state index is 9.17. The molecule has 2 N–H and O–H groups in total. The molecule has 158 valence electrons. The maximum Gasteiger partial charge on any atom is 0.301 e. The summed E-state index contributed by atoms with van der Waals surface area (Å²) in [6.45, 7) is 3.56. The van der Waals surface area contributed by atoms with Crippen LogP contribution in [-0.4, -0.2) is 44.4 Å². The minimum Gasteiger partial charge on any atom is -0.460 e. The van der Waals surface area contributed by atoms with Crippen LogP contribution in [0, 0.1) is 0 Å². The molecule has 1 aromatic carbocycles. The highest BCUT2D eigenvalue weighted by Gasteiger charge is 2.25. The van der Waals surface area contributed by atoms with E-state index < -0.39 is 0 Å². The lowest BCUT2D eigenvalue weighted by Crippen LogP contribution is -2.19. The van der Waals surface area contributed by atoms with E-state index in [0.717, 1.165) is 30.4 Å². The number of aromatic nitrogens is 4. The molecule has 0 spiro atoms. The van der Waals surface area contributed by atoms with Gasteiger partial charge in [0.2, 0.25) is 0 Å². The van der Waals surface area contributed by atoms with Crippen LogP contribution in [0.25, 0.3) is 11.2 Å². The first-order chi connectivity index (χ1) is 14.8. The van der Waals surface area contributed by atoms with Crippen molar-refractivity contribution in [1.29, 1.82) is 0 Å². The second-order valence-electron chi connectivity index (χ2n) is 7.34. The quantitative estimate of drug-likeness (QED) is 0.550. The Morgan fingerprint density at radius 1 is 1.30 bits per heavy atom. The fraction of sp³-hybridized carbons (Fsp3) is 0.409. The summed E-state index contributed by atoms with van der Waals surface area (Å²) < 4.78 is 14.1. The van der Waals surface area contributed by atoms with Gasteiger partial charge in [0.15, 0.2) is 17.0 Å². The van der Waals surface area contributed by atoms with Gasteiger partial charge in [0, 0.05) is 13.2 Å². The number of nitrogens with one attached hydrogen (secondary N) is 1. The van der Waals surface area contributed by atoms with Crippen molar-refractivity contribution in [3.05, 3.63) is 53.9 Å². The number of nitrogens with zero attached hydrogens (tertiary/aromatic N) is 4. The van der Waals surface area contributed by atoms with E-state index in [1.54, 1.807) is 0 Å². The molecule has 1 unspecified atom stereocenters. The Morgan fingerprint density at radius 3 is 2.93 bits per heavy atom. The number of hydrogen-bond donors (Lipinski definition) is 2. The molecule has 0 radical (unpaired) electrons. The van der Waals surface area contributed by atoms with Crippen LogP contribution in [0.15, 0.2) is 48.3 Å². The van der Waals surface area contributed by atoms with Gasteiger partial charge in [0.1, 0.15) is 19.2 Å². The average molecular weight is 409 g/mol. The zero-order valence-electron chi connectivity index (χ0n) is 17.1. The van der Waals surface area contributed by atoms with E-state index in [1.807, 2.05) is 47.9 Å². The van der Waals surface area contributed by atoms with Gasteiger partial charge < -0.3 is 19.9 Å². The summed E-state index contributed by atoms with van der Waals surface area (Å²) >= 11 is 0. The Hall–Kier alpha value is -2.97. The standard InChI is InChI=1S/C22H27N5O3/c1-16(13-28)10-11-23-20-19-21(25-15-24-20)27(18-9-5-6-12-29-18)22(26-19)30-14-17-7-3-2-4-8-17/h2-4,7-8,10,15,18,28H,5-6,9,11-14H2,1H3,(H,23,24,25). The molecule has 1 saturated heterocycles. The lowest BCUT2D eigenvalue weighted by molar-refractivity contribution is -0.0345. The third kappa shape index (κ3) is 4.60. The molecule has 1 aliphatic heterocycles. The van der Waals surface area contributed by atoms with Gasteiger partial charge in [-0.05, 0) is 31.7 Å². The van der Waals surface area contributed by atoms with Gasteiger partial charge >= 0.3 is 6.01 Å². The number of rotatable bonds is 8. The molecule has 2 aromatic heterocycles. The van der Waals surface area contributed by atoms with Gasteiger partial charge in [-0.3, -0.25) is 4.57 Å². The van der Waals surface area contributed by atoms with E-state index in [0.29, 0.717) is 42.8 Å². The summed E-state index contributed by atoms with van der Waals surface area (Å²) in [7, 11) is 0. The van der Waals surface area contributed by atoms with Gasteiger partial charge in [-0.15, -0.1) is 0 Å². The number of imidazole rings is 1. The Morgan fingerprint density at radius 2 is 2.17 bits per heavy atom. The first kappa shape index (κ1) is 20.3. The van der Waals surface area contributed by atoms with Crippen LogP contribution < -0.4 is 10.1 Å². The predicted octanol–water partition coefficient (Wildman–Crippen LogP) is 3.45. The van der Waals surface area contributed by atoms with Crippen LogP contribution in [-0.2, 0) is 11.3 Å². The smallest absolute Gasteiger partial charge is 0.301 e. The van der Waals surface area contributed by atoms with Crippen molar-refractivity contribution < 1.29 is 14.6 Å². The molecular formula is C22H27N5O3. The van der Waals surface area contributed by atoms with Gasteiger partial charge in [-0.1, -0.05) is 42.0 Å². The average Bonchev–Trinajstić information content (AvgIpc) is 3.18. The summed E-state index contributed by atoms with van der Waals surface area (Å²) in [6.07, 6.45) is 6.31. The van der Waals surface area contributed by atoms with E-state index in [4.69, 9.17) is 14.5 Å². The van der Waals surface area contributed by atoms with Crippen molar-refractivity contribution in [2.45, 2.75) is 39.0 Å². The van der Waals surface area contributed by atoms with E-state index >= 15 is 0 Å². The van der Waals surface area contributed by atoms with Crippen molar-refractivity contribution in [3.63, 3.8) is 0 Å². The second-order valence-corrected chi connectivity index (χ2v) is 7.34. The Balaban J connectivity index is 1.66. The van der Waals surface area contributed by atoms with Crippen molar-refractivity contribution in [2.24, 2.45) is 0 Å². The minimum absolute atomic E-state index is 0.0337. The lowest BCUT2D eigenvalue weighted by Gasteiger charge is -2.25. The first-order valence-electron chi connectivity index (χ1n) is 10.3. The number of benzene rings is 1. The summed E-state index contributed by atoms with van der Waals surface area (Å²) in [5, 5.41) is 12.4. The highest BCUT2D eigenvalue weighted by atomic mass is 16.5. The largest absolute Gasteiger partial charge is 0.460 e. The monoisotopic (exact) mass is 409 g/mol. The SMILES string of the molecule is CC(=CCNc1ncnc2c1nc(OCc1ccccc1)n2C1CCCCO1)CO. The fourth-order valence-corrected chi connectivity index (χ4v) is 3.42. The molecule has 8 nitrogen and oxygen atoms in total. The van der Waals surface area contributed by atoms with Gasteiger partial charge in [-0.2, -0.15) is 4.98 Å². The third-order valence-corrected chi connectivity index (χ3v) is 5.07. The molecular weight excluding hydrogens is 382 g/mol. The second kappa shape index (κ2) is 9.69. The molecule has 1 atom stereocenters.